The maximum atomic E-state index is 12.4. The second-order valence-electron chi connectivity index (χ2n) is 5.23. The molecule has 1 aromatic rings. The van der Waals surface area contributed by atoms with E-state index in [4.69, 9.17) is 9.47 Å². The third kappa shape index (κ3) is 4.54. The van der Waals surface area contributed by atoms with Crippen LogP contribution in [0.3, 0.4) is 0 Å². The fraction of sp³-hybridized carbons (Fsp3) is 0.353. The first-order valence-corrected chi connectivity index (χ1v) is 8.55. The molecule has 134 valence electrons. The van der Waals surface area contributed by atoms with Gasteiger partial charge in [0.1, 0.15) is 18.0 Å². The average molecular weight is 364 g/mol. The lowest BCUT2D eigenvalue weighted by molar-refractivity contribution is -0.129. The van der Waals surface area contributed by atoms with Gasteiger partial charge in [0.2, 0.25) is 5.91 Å². The summed E-state index contributed by atoms with van der Waals surface area (Å²) in [6.45, 7) is 2.15. The number of carbonyl (C=O) groups is 3. The number of hydrogen-bond acceptors (Lipinski definition) is 6. The van der Waals surface area contributed by atoms with Crippen LogP contribution in [0.2, 0.25) is 0 Å². The Bertz CT molecular complexity index is 717. The van der Waals surface area contributed by atoms with Crippen molar-refractivity contribution >= 4 is 34.9 Å². The molecule has 25 heavy (non-hydrogen) atoms. The number of hydrogen-bond donors (Lipinski definition) is 1. The Labute approximate surface area is 150 Å². The first-order chi connectivity index (χ1) is 12.0. The smallest absolute Gasteiger partial charge is 0.294 e. The number of thioether (sulfide) groups is 1. The highest BCUT2D eigenvalue weighted by Gasteiger charge is 2.36. The van der Waals surface area contributed by atoms with Gasteiger partial charge >= 0.3 is 0 Å². The van der Waals surface area contributed by atoms with Crippen LogP contribution < -0.4 is 14.8 Å². The Hall–Kier alpha value is -2.48. The van der Waals surface area contributed by atoms with Crippen LogP contribution in [0.15, 0.2) is 23.1 Å². The zero-order valence-electron chi connectivity index (χ0n) is 14.3. The molecule has 1 fully saturated rings. The van der Waals surface area contributed by atoms with E-state index in [2.05, 4.69) is 5.32 Å². The topological polar surface area (TPSA) is 84.9 Å². The third-order valence-corrected chi connectivity index (χ3v) is 4.38. The molecule has 0 atom stereocenters. The van der Waals surface area contributed by atoms with E-state index in [1.807, 2.05) is 6.92 Å². The number of methoxy groups -OCH3 is 2. The van der Waals surface area contributed by atoms with Crippen LogP contribution in [0.5, 0.6) is 11.5 Å². The molecule has 1 saturated heterocycles. The van der Waals surface area contributed by atoms with Crippen molar-refractivity contribution in [3.63, 3.8) is 0 Å². The van der Waals surface area contributed by atoms with Crippen molar-refractivity contribution in [1.82, 2.24) is 10.2 Å². The summed E-state index contributed by atoms with van der Waals surface area (Å²) >= 11 is 0.797. The number of nitrogens with one attached hydrogen (secondary N) is 1. The molecule has 1 aromatic carbocycles. The van der Waals surface area contributed by atoms with E-state index < -0.39 is 11.1 Å². The number of carbonyl (C=O) groups excluding carboxylic acids is 3. The van der Waals surface area contributed by atoms with Crippen LogP contribution in [0, 0.1) is 0 Å². The summed E-state index contributed by atoms with van der Waals surface area (Å²) < 4.78 is 10.4. The van der Waals surface area contributed by atoms with Crippen molar-refractivity contribution in [2.45, 2.75) is 13.3 Å². The summed E-state index contributed by atoms with van der Waals surface area (Å²) in [6.07, 6.45) is 2.35. The number of nitrogens with zero attached hydrogens (tertiary/aromatic N) is 1. The summed E-state index contributed by atoms with van der Waals surface area (Å²) in [6, 6.07) is 5.16. The van der Waals surface area contributed by atoms with Crippen LogP contribution >= 0.6 is 11.8 Å². The fourth-order valence-corrected chi connectivity index (χ4v) is 3.02. The fourth-order valence-electron chi connectivity index (χ4n) is 2.19. The van der Waals surface area contributed by atoms with E-state index >= 15 is 0 Å². The number of rotatable bonds is 7. The van der Waals surface area contributed by atoms with Crippen LogP contribution in [-0.4, -0.2) is 49.3 Å². The highest BCUT2D eigenvalue weighted by Crippen LogP contribution is 2.34. The lowest BCUT2D eigenvalue weighted by Crippen LogP contribution is -2.39. The van der Waals surface area contributed by atoms with Crippen molar-refractivity contribution < 1.29 is 23.9 Å². The van der Waals surface area contributed by atoms with E-state index in [0.717, 1.165) is 23.1 Å². The summed E-state index contributed by atoms with van der Waals surface area (Å²) in [7, 11) is 3.05. The molecule has 8 heteroatoms. The molecule has 0 bridgehead atoms. The number of amides is 3. The zero-order chi connectivity index (χ0) is 18.4. The highest BCUT2D eigenvalue weighted by molar-refractivity contribution is 8.18. The normalized spacial score (nSPS) is 15.6. The summed E-state index contributed by atoms with van der Waals surface area (Å²) in [4.78, 5) is 37.5. The van der Waals surface area contributed by atoms with Gasteiger partial charge in [-0.05, 0) is 42.5 Å². The number of imide groups is 1. The van der Waals surface area contributed by atoms with E-state index in [9.17, 15) is 14.4 Å². The Morgan fingerprint density at radius 3 is 2.68 bits per heavy atom. The standard InChI is InChI=1S/C17H20N2O5S/c1-4-7-18-15(20)10-19-16(21)14(25-17(19)22)9-11-8-12(23-2)5-6-13(11)24-3/h5-6,8-9H,4,7,10H2,1-3H3,(H,18,20)/b14-9-. The molecule has 0 spiro atoms. The van der Waals surface area contributed by atoms with Gasteiger partial charge in [-0.2, -0.15) is 0 Å². The van der Waals surface area contributed by atoms with Crippen LogP contribution in [0.25, 0.3) is 6.08 Å². The van der Waals surface area contributed by atoms with Crippen LogP contribution in [-0.2, 0) is 9.59 Å². The number of ether oxygens (including phenoxy) is 2. The maximum absolute atomic E-state index is 12.4. The van der Waals surface area contributed by atoms with E-state index in [-0.39, 0.29) is 17.4 Å². The molecule has 1 aliphatic heterocycles. The SMILES string of the molecule is CCCNC(=O)CN1C(=O)S/C(=C\c2cc(OC)ccc2OC)C1=O. The summed E-state index contributed by atoms with van der Waals surface area (Å²) in [5, 5.41) is 2.18. The lowest BCUT2D eigenvalue weighted by Gasteiger charge is -2.12. The molecule has 0 aromatic heterocycles. The molecule has 0 aliphatic carbocycles. The summed E-state index contributed by atoms with van der Waals surface area (Å²) in [5.74, 6) is 0.300. The maximum Gasteiger partial charge on any atom is 0.294 e. The van der Waals surface area contributed by atoms with Crippen molar-refractivity contribution in [3.8, 4) is 11.5 Å². The molecule has 0 radical (unpaired) electrons. The predicted molar refractivity (Wildman–Crippen MR) is 95.5 cm³/mol. The van der Waals surface area contributed by atoms with Crippen LogP contribution in [0.4, 0.5) is 4.79 Å². The molecule has 3 amide bonds. The molecular formula is C17H20N2O5S. The van der Waals surface area contributed by atoms with Crippen molar-refractivity contribution in [2.24, 2.45) is 0 Å². The van der Waals surface area contributed by atoms with Crippen molar-refractivity contribution in [2.75, 3.05) is 27.3 Å². The summed E-state index contributed by atoms with van der Waals surface area (Å²) in [5.41, 5.74) is 0.614. The van der Waals surface area contributed by atoms with Gasteiger partial charge < -0.3 is 14.8 Å². The second-order valence-corrected chi connectivity index (χ2v) is 6.22. The van der Waals surface area contributed by atoms with Gasteiger partial charge in [0.05, 0.1) is 19.1 Å². The predicted octanol–water partition coefficient (Wildman–Crippen LogP) is 2.27. The van der Waals surface area contributed by atoms with E-state index in [1.54, 1.807) is 24.3 Å². The van der Waals surface area contributed by atoms with Gasteiger partial charge in [0.15, 0.2) is 0 Å². The second kappa shape index (κ2) is 8.57. The number of benzene rings is 1. The molecule has 0 unspecified atom stereocenters. The van der Waals surface area contributed by atoms with E-state index in [1.165, 1.54) is 14.2 Å². The Morgan fingerprint density at radius 1 is 1.28 bits per heavy atom. The minimum absolute atomic E-state index is 0.236. The molecule has 0 saturated carbocycles. The Balaban J connectivity index is 2.21. The minimum Gasteiger partial charge on any atom is -0.497 e. The van der Waals surface area contributed by atoms with Gasteiger partial charge in [-0.15, -0.1) is 0 Å². The Morgan fingerprint density at radius 2 is 2.04 bits per heavy atom. The Kier molecular flexibility index (Phi) is 6.46. The first-order valence-electron chi connectivity index (χ1n) is 7.74. The zero-order valence-corrected chi connectivity index (χ0v) is 15.1. The molecule has 1 N–H and O–H groups in total. The molecule has 7 nitrogen and oxygen atoms in total. The largest absolute Gasteiger partial charge is 0.497 e. The average Bonchev–Trinajstić information content (AvgIpc) is 2.87. The molecule has 2 rings (SSSR count). The van der Waals surface area contributed by atoms with Gasteiger partial charge in [0, 0.05) is 12.1 Å². The van der Waals surface area contributed by atoms with Crippen molar-refractivity contribution in [3.05, 3.63) is 28.7 Å². The van der Waals surface area contributed by atoms with Crippen LogP contribution in [0.1, 0.15) is 18.9 Å². The van der Waals surface area contributed by atoms with Gasteiger partial charge in [-0.1, -0.05) is 6.92 Å². The molecule has 1 heterocycles. The first kappa shape index (κ1) is 18.9. The van der Waals surface area contributed by atoms with Gasteiger partial charge in [0.25, 0.3) is 11.1 Å². The third-order valence-electron chi connectivity index (χ3n) is 3.47. The van der Waals surface area contributed by atoms with Gasteiger partial charge in [-0.25, -0.2) is 0 Å². The van der Waals surface area contributed by atoms with Crippen molar-refractivity contribution in [1.29, 1.82) is 0 Å². The quantitative estimate of drug-likeness (QED) is 0.747. The molecular weight excluding hydrogens is 344 g/mol. The lowest BCUT2D eigenvalue weighted by atomic mass is 10.1. The molecule has 1 aliphatic rings. The minimum atomic E-state index is -0.494. The highest BCUT2D eigenvalue weighted by atomic mass is 32.2. The van der Waals surface area contributed by atoms with Gasteiger partial charge in [-0.3, -0.25) is 19.3 Å². The monoisotopic (exact) mass is 364 g/mol. The van der Waals surface area contributed by atoms with E-state index in [0.29, 0.717) is 23.6 Å².